The van der Waals surface area contributed by atoms with Crippen molar-refractivity contribution in [2.45, 2.75) is 38.8 Å². The molecule has 5 nitrogen and oxygen atoms in total. The number of benzene rings is 1. The summed E-state index contributed by atoms with van der Waals surface area (Å²) in [6.45, 7) is 3.02. The Hall–Kier alpha value is -1.88. The fraction of sp³-hybridized carbons (Fsp3) is 0.529. The lowest BCUT2D eigenvalue weighted by Gasteiger charge is -2.33. The van der Waals surface area contributed by atoms with Crippen LogP contribution in [0.5, 0.6) is 0 Å². The second kappa shape index (κ2) is 7.94. The highest BCUT2D eigenvalue weighted by Crippen LogP contribution is 2.16. The van der Waals surface area contributed by atoms with Crippen molar-refractivity contribution in [3.63, 3.8) is 0 Å². The molecule has 1 heterocycles. The van der Waals surface area contributed by atoms with E-state index in [4.69, 9.17) is 9.47 Å². The third-order valence-electron chi connectivity index (χ3n) is 3.92. The number of piperidine rings is 1. The second-order valence-electron chi connectivity index (χ2n) is 5.64. The van der Waals surface area contributed by atoms with Gasteiger partial charge in [-0.1, -0.05) is 12.1 Å². The molecule has 0 aliphatic carbocycles. The molecule has 120 valence electrons. The smallest absolute Gasteiger partial charge is 0.338 e. The van der Waals surface area contributed by atoms with Gasteiger partial charge in [0.2, 0.25) is 0 Å². The van der Waals surface area contributed by atoms with Gasteiger partial charge in [0.25, 0.3) is 5.91 Å². The molecule has 0 radical (unpaired) electrons. The van der Waals surface area contributed by atoms with Crippen LogP contribution >= 0.6 is 0 Å². The highest BCUT2D eigenvalue weighted by molar-refractivity contribution is 5.91. The minimum Gasteiger partial charge on any atom is -0.452 e. The summed E-state index contributed by atoms with van der Waals surface area (Å²) in [6.07, 6.45) is 3.18. The summed E-state index contributed by atoms with van der Waals surface area (Å²) in [6, 6.07) is 7.28. The molecule has 1 unspecified atom stereocenters. The molecule has 0 aromatic heterocycles. The molecule has 22 heavy (non-hydrogen) atoms. The summed E-state index contributed by atoms with van der Waals surface area (Å²) in [4.78, 5) is 26.0. The third kappa shape index (κ3) is 4.31. The molecule has 1 amide bonds. The third-order valence-corrected chi connectivity index (χ3v) is 3.92. The van der Waals surface area contributed by atoms with Crippen molar-refractivity contribution < 1.29 is 19.1 Å². The van der Waals surface area contributed by atoms with Gasteiger partial charge in [-0.15, -0.1) is 0 Å². The van der Waals surface area contributed by atoms with Gasteiger partial charge >= 0.3 is 5.97 Å². The lowest BCUT2D eigenvalue weighted by molar-refractivity contribution is -0.137. The summed E-state index contributed by atoms with van der Waals surface area (Å²) in [5, 5.41) is 0. The lowest BCUT2D eigenvalue weighted by atomic mass is 10.0. The Morgan fingerprint density at radius 3 is 2.86 bits per heavy atom. The number of rotatable bonds is 5. The highest BCUT2D eigenvalue weighted by Gasteiger charge is 2.24. The predicted molar refractivity (Wildman–Crippen MR) is 82.5 cm³/mol. The summed E-state index contributed by atoms with van der Waals surface area (Å²) in [5.74, 6) is -0.593. The van der Waals surface area contributed by atoms with Gasteiger partial charge in [-0.2, -0.15) is 0 Å². The second-order valence-corrected chi connectivity index (χ2v) is 5.64. The Labute approximate surface area is 131 Å². The van der Waals surface area contributed by atoms with Crippen LogP contribution in [-0.2, 0) is 20.9 Å². The molecular weight excluding hydrogens is 282 g/mol. The van der Waals surface area contributed by atoms with E-state index in [1.165, 1.54) is 0 Å². The van der Waals surface area contributed by atoms with Crippen LogP contribution in [-0.4, -0.2) is 43.1 Å². The molecule has 1 atom stereocenters. The topological polar surface area (TPSA) is 55.8 Å². The summed E-state index contributed by atoms with van der Waals surface area (Å²) >= 11 is 0. The summed E-state index contributed by atoms with van der Waals surface area (Å²) in [5.41, 5.74) is 1.34. The van der Waals surface area contributed by atoms with Crippen LogP contribution in [0.25, 0.3) is 0 Å². The van der Waals surface area contributed by atoms with E-state index in [1.54, 1.807) is 30.2 Å². The van der Waals surface area contributed by atoms with Gasteiger partial charge in [-0.25, -0.2) is 4.79 Å². The Balaban J connectivity index is 1.89. The average Bonchev–Trinajstić information content (AvgIpc) is 2.53. The van der Waals surface area contributed by atoms with Crippen LogP contribution in [0, 0.1) is 0 Å². The van der Waals surface area contributed by atoms with Crippen LogP contribution in [0.4, 0.5) is 0 Å². The fourth-order valence-corrected chi connectivity index (χ4v) is 2.72. The van der Waals surface area contributed by atoms with Gasteiger partial charge in [0.05, 0.1) is 12.2 Å². The molecule has 0 N–H and O–H groups in total. The van der Waals surface area contributed by atoms with E-state index in [0.29, 0.717) is 12.2 Å². The number of methoxy groups -OCH3 is 1. The maximum absolute atomic E-state index is 12.1. The first-order valence-corrected chi connectivity index (χ1v) is 7.66. The van der Waals surface area contributed by atoms with Crippen LogP contribution in [0.1, 0.15) is 42.1 Å². The number of likely N-dealkylation sites (tertiary alicyclic amines) is 1. The van der Waals surface area contributed by atoms with E-state index < -0.39 is 5.97 Å². The van der Waals surface area contributed by atoms with Crippen molar-refractivity contribution in [1.82, 2.24) is 4.90 Å². The van der Waals surface area contributed by atoms with E-state index in [1.807, 2.05) is 13.0 Å². The zero-order valence-corrected chi connectivity index (χ0v) is 13.2. The Morgan fingerprint density at radius 2 is 2.14 bits per heavy atom. The Morgan fingerprint density at radius 1 is 1.32 bits per heavy atom. The number of carbonyl (C=O) groups is 2. The maximum atomic E-state index is 12.1. The van der Waals surface area contributed by atoms with E-state index in [9.17, 15) is 9.59 Å². The number of esters is 1. The van der Waals surface area contributed by atoms with E-state index in [0.717, 1.165) is 31.4 Å². The molecule has 0 bridgehead atoms. The molecule has 1 saturated heterocycles. The molecule has 0 spiro atoms. The van der Waals surface area contributed by atoms with Crippen LogP contribution in [0.2, 0.25) is 0 Å². The number of carbonyl (C=O) groups excluding carboxylic acids is 2. The van der Waals surface area contributed by atoms with Crippen molar-refractivity contribution in [2.75, 3.05) is 20.3 Å². The SMILES string of the molecule is COCc1cccc(C(=O)OCC(=O)N2CCCCC2C)c1. The molecule has 1 aromatic carbocycles. The zero-order valence-electron chi connectivity index (χ0n) is 13.2. The fourth-order valence-electron chi connectivity index (χ4n) is 2.72. The van der Waals surface area contributed by atoms with Crippen LogP contribution in [0.3, 0.4) is 0 Å². The largest absolute Gasteiger partial charge is 0.452 e. The van der Waals surface area contributed by atoms with E-state index in [2.05, 4.69) is 0 Å². The molecule has 5 heteroatoms. The first kappa shape index (κ1) is 16.5. The normalized spacial score (nSPS) is 18.1. The van der Waals surface area contributed by atoms with Gasteiger partial charge in [0, 0.05) is 19.7 Å². The number of amides is 1. The zero-order chi connectivity index (χ0) is 15.9. The van der Waals surface area contributed by atoms with E-state index >= 15 is 0 Å². The molecule has 1 fully saturated rings. The molecule has 1 aliphatic heterocycles. The number of hydrogen-bond donors (Lipinski definition) is 0. The first-order valence-electron chi connectivity index (χ1n) is 7.66. The number of hydrogen-bond acceptors (Lipinski definition) is 4. The molecule has 1 aromatic rings. The molecule has 2 rings (SSSR count). The van der Waals surface area contributed by atoms with Crippen molar-refractivity contribution in [3.8, 4) is 0 Å². The quantitative estimate of drug-likeness (QED) is 0.784. The standard InChI is InChI=1S/C17H23NO4/c1-13-6-3-4-9-18(13)16(19)12-22-17(20)15-8-5-7-14(10-15)11-21-2/h5,7-8,10,13H,3-4,6,9,11-12H2,1-2H3. The van der Waals surface area contributed by atoms with Crippen molar-refractivity contribution in [3.05, 3.63) is 35.4 Å². The average molecular weight is 305 g/mol. The molecule has 0 saturated carbocycles. The summed E-state index contributed by atoms with van der Waals surface area (Å²) in [7, 11) is 1.60. The maximum Gasteiger partial charge on any atom is 0.338 e. The van der Waals surface area contributed by atoms with Gasteiger partial charge in [-0.05, 0) is 43.9 Å². The van der Waals surface area contributed by atoms with Gasteiger partial charge in [0.15, 0.2) is 6.61 Å². The highest BCUT2D eigenvalue weighted by atomic mass is 16.5. The van der Waals surface area contributed by atoms with Crippen molar-refractivity contribution in [1.29, 1.82) is 0 Å². The van der Waals surface area contributed by atoms with Gasteiger partial charge < -0.3 is 14.4 Å². The lowest BCUT2D eigenvalue weighted by Crippen LogP contribution is -2.44. The Bertz CT molecular complexity index is 529. The predicted octanol–water partition coefficient (Wildman–Crippen LogP) is 2.39. The first-order chi connectivity index (χ1) is 10.6. The number of ether oxygens (including phenoxy) is 2. The van der Waals surface area contributed by atoms with Gasteiger partial charge in [0.1, 0.15) is 0 Å². The monoisotopic (exact) mass is 305 g/mol. The summed E-state index contributed by atoms with van der Waals surface area (Å²) < 4.78 is 10.2. The number of nitrogens with zero attached hydrogens (tertiary/aromatic N) is 1. The Kier molecular flexibility index (Phi) is 5.95. The van der Waals surface area contributed by atoms with Crippen LogP contribution < -0.4 is 0 Å². The van der Waals surface area contributed by atoms with E-state index in [-0.39, 0.29) is 18.6 Å². The molecular formula is C17H23NO4. The minimum absolute atomic E-state index is 0.117. The van der Waals surface area contributed by atoms with Crippen molar-refractivity contribution >= 4 is 11.9 Å². The molecule has 1 aliphatic rings. The van der Waals surface area contributed by atoms with Gasteiger partial charge in [-0.3, -0.25) is 4.79 Å². The van der Waals surface area contributed by atoms with Crippen LogP contribution in [0.15, 0.2) is 24.3 Å². The minimum atomic E-state index is -0.476. The van der Waals surface area contributed by atoms with Crippen molar-refractivity contribution in [2.24, 2.45) is 0 Å².